The molecule has 1 rings (SSSR count). The molecule has 0 saturated carbocycles. The minimum absolute atomic E-state index is 0.565. The number of halogens is 1. The first-order chi connectivity index (χ1) is 5.20. The van der Waals surface area contributed by atoms with Crippen LogP contribution in [0.3, 0.4) is 0 Å². The zero-order valence-corrected chi connectivity index (χ0v) is 7.12. The van der Waals surface area contributed by atoms with Crippen LogP contribution in [-0.2, 0) is 14.2 Å². The van der Waals surface area contributed by atoms with Crippen LogP contribution >= 0.6 is 11.6 Å². The molecule has 1 aliphatic heterocycles. The van der Waals surface area contributed by atoms with E-state index in [-0.39, 0.29) is 0 Å². The SMILES string of the molecule is CO[C@H]1O[C@@H](OC)[C@@H](Cl)[C@@H]1O. The second kappa shape index (κ2) is 3.69. The van der Waals surface area contributed by atoms with Gasteiger partial charge in [0, 0.05) is 14.2 Å². The number of aliphatic hydroxyl groups excluding tert-OH is 1. The van der Waals surface area contributed by atoms with Crippen molar-refractivity contribution >= 4 is 11.6 Å². The molecule has 0 spiro atoms. The van der Waals surface area contributed by atoms with E-state index >= 15 is 0 Å². The van der Waals surface area contributed by atoms with Crippen LogP contribution in [0.4, 0.5) is 0 Å². The molecular formula is C6H11ClO4. The molecule has 66 valence electrons. The largest absolute Gasteiger partial charge is 0.386 e. The Morgan fingerprint density at radius 3 is 2.09 bits per heavy atom. The molecular weight excluding hydrogens is 172 g/mol. The molecule has 4 nitrogen and oxygen atoms in total. The lowest BCUT2D eigenvalue weighted by Crippen LogP contribution is -2.29. The van der Waals surface area contributed by atoms with Crippen molar-refractivity contribution < 1.29 is 19.3 Å². The summed E-state index contributed by atoms with van der Waals surface area (Å²) in [6, 6.07) is 0. The first-order valence-electron chi connectivity index (χ1n) is 3.24. The van der Waals surface area contributed by atoms with E-state index in [1.54, 1.807) is 0 Å². The maximum Gasteiger partial charge on any atom is 0.187 e. The van der Waals surface area contributed by atoms with Crippen LogP contribution in [0, 0.1) is 0 Å². The molecule has 0 bridgehead atoms. The first kappa shape index (κ1) is 9.22. The lowest BCUT2D eigenvalue weighted by Gasteiger charge is -2.10. The standard InChI is InChI=1S/C6H11ClO4/c1-9-5-3(7)4(8)6(10-2)11-5/h3-6,8H,1-2H3/t3-,4-,5+,6-/m0/s1. The van der Waals surface area contributed by atoms with E-state index < -0.39 is 24.1 Å². The van der Waals surface area contributed by atoms with Crippen molar-refractivity contribution in [3.8, 4) is 0 Å². The lowest BCUT2D eigenvalue weighted by molar-refractivity contribution is -0.199. The van der Waals surface area contributed by atoms with Gasteiger partial charge in [-0.15, -0.1) is 11.6 Å². The Balaban J connectivity index is 2.53. The third kappa shape index (κ3) is 1.65. The highest BCUT2D eigenvalue weighted by molar-refractivity contribution is 6.21. The Morgan fingerprint density at radius 1 is 1.27 bits per heavy atom. The second-order valence-corrected chi connectivity index (χ2v) is 2.78. The van der Waals surface area contributed by atoms with Gasteiger partial charge in [-0.25, -0.2) is 0 Å². The summed E-state index contributed by atoms with van der Waals surface area (Å²) in [4.78, 5) is 0. The van der Waals surface area contributed by atoms with Gasteiger partial charge in [-0.1, -0.05) is 0 Å². The normalized spacial score (nSPS) is 44.7. The zero-order valence-electron chi connectivity index (χ0n) is 6.36. The Hall–Kier alpha value is 0.130. The number of aliphatic hydroxyl groups is 1. The topological polar surface area (TPSA) is 47.9 Å². The molecule has 11 heavy (non-hydrogen) atoms. The van der Waals surface area contributed by atoms with Crippen molar-refractivity contribution in [3.05, 3.63) is 0 Å². The molecule has 0 amide bonds. The van der Waals surface area contributed by atoms with Crippen LogP contribution in [0.15, 0.2) is 0 Å². The van der Waals surface area contributed by atoms with Crippen molar-refractivity contribution in [2.75, 3.05) is 14.2 Å². The molecule has 5 heteroatoms. The van der Waals surface area contributed by atoms with Crippen LogP contribution in [-0.4, -0.2) is 43.4 Å². The number of rotatable bonds is 2. The average molecular weight is 183 g/mol. The summed E-state index contributed by atoms with van der Waals surface area (Å²) < 4.78 is 14.7. The monoisotopic (exact) mass is 182 g/mol. The van der Waals surface area contributed by atoms with E-state index in [2.05, 4.69) is 0 Å². The molecule has 1 fully saturated rings. The summed E-state index contributed by atoms with van der Waals surface area (Å²) in [5.41, 5.74) is 0. The number of alkyl halides is 1. The number of hydrogen-bond acceptors (Lipinski definition) is 4. The Bertz CT molecular complexity index is 114. The molecule has 1 aliphatic rings. The van der Waals surface area contributed by atoms with Gasteiger partial charge >= 0.3 is 0 Å². The number of ether oxygens (including phenoxy) is 3. The van der Waals surface area contributed by atoms with Gasteiger partial charge in [0.15, 0.2) is 12.6 Å². The van der Waals surface area contributed by atoms with Crippen molar-refractivity contribution in [1.29, 1.82) is 0 Å². The average Bonchev–Trinajstić information content (AvgIpc) is 2.30. The van der Waals surface area contributed by atoms with Crippen LogP contribution in [0.25, 0.3) is 0 Å². The van der Waals surface area contributed by atoms with Gasteiger partial charge in [-0.2, -0.15) is 0 Å². The summed E-state index contributed by atoms with van der Waals surface area (Å²) in [5, 5.41) is 8.73. The molecule has 0 aromatic rings. The minimum atomic E-state index is -0.827. The molecule has 1 heterocycles. The maximum absolute atomic E-state index is 9.30. The van der Waals surface area contributed by atoms with E-state index in [1.165, 1.54) is 14.2 Å². The van der Waals surface area contributed by atoms with Crippen LogP contribution in [0.1, 0.15) is 0 Å². The van der Waals surface area contributed by atoms with Crippen molar-refractivity contribution in [1.82, 2.24) is 0 Å². The summed E-state index contributed by atoms with van der Waals surface area (Å²) in [6.07, 6.45) is -2.09. The van der Waals surface area contributed by atoms with Gasteiger partial charge in [0.05, 0.1) is 0 Å². The molecule has 0 aromatic heterocycles. The summed E-state index contributed by atoms with van der Waals surface area (Å²) in [7, 11) is 2.90. The van der Waals surface area contributed by atoms with E-state index in [0.717, 1.165) is 0 Å². The predicted molar refractivity (Wildman–Crippen MR) is 38.3 cm³/mol. The number of hydrogen-bond donors (Lipinski definition) is 1. The fraction of sp³-hybridized carbons (Fsp3) is 1.00. The minimum Gasteiger partial charge on any atom is -0.386 e. The van der Waals surface area contributed by atoms with Gasteiger partial charge in [-0.05, 0) is 0 Å². The third-order valence-corrected chi connectivity index (χ3v) is 2.06. The van der Waals surface area contributed by atoms with E-state index in [1.807, 2.05) is 0 Å². The first-order valence-corrected chi connectivity index (χ1v) is 3.67. The Labute approximate surface area is 70.0 Å². The van der Waals surface area contributed by atoms with Gasteiger partial charge < -0.3 is 19.3 Å². The van der Waals surface area contributed by atoms with Crippen LogP contribution in [0.2, 0.25) is 0 Å². The number of methoxy groups -OCH3 is 2. The molecule has 0 unspecified atom stereocenters. The molecule has 0 radical (unpaired) electrons. The zero-order chi connectivity index (χ0) is 8.43. The Morgan fingerprint density at radius 2 is 1.82 bits per heavy atom. The Kier molecular flexibility index (Phi) is 3.09. The van der Waals surface area contributed by atoms with Crippen LogP contribution < -0.4 is 0 Å². The van der Waals surface area contributed by atoms with Gasteiger partial charge in [0.25, 0.3) is 0 Å². The van der Waals surface area contributed by atoms with E-state index in [0.29, 0.717) is 0 Å². The lowest BCUT2D eigenvalue weighted by atomic mass is 10.3. The third-order valence-electron chi connectivity index (χ3n) is 1.60. The maximum atomic E-state index is 9.30. The van der Waals surface area contributed by atoms with Crippen molar-refractivity contribution in [2.24, 2.45) is 0 Å². The summed E-state index contributed by atoms with van der Waals surface area (Å²) in [5.74, 6) is 0. The molecule has 0 aromatic carbocycles. The summed E-state index contributed by atoms with van der Waals surface area (Å²) >= 11 is 5.72. The highest BCUT2D eigenvalue weighted by Gasteiger charge is 2.43. The van der Waals surface area contributed by atoms with E-state index in [9.17, 15) is 5.11 Å². The molecule has 1 saturated heterocycles. The van der Waals surface area contributed by atoms with Gasteiger partial charge in [-0.3, -0.25) is 0 Å². The van der Waals surface area contributed by atoms with Crippen molar-refractivity contribution in [3.63, 3.8) is 0 Å². The highest BCUT2D eigenvalue weighted by Crippen LogP contribution is 2.26. The van der Waals surface area contributed by atoms with Crippen molar-refractivity contribution in [2.45, 2.75) is 24.1 Å². The quantitative estimate of drug-likeness (QED) is 0.608. The highest BCUT2D eigenvalue weighted by atomic mass is 35.5. The van der Waals surface area contributed by atoms with Crippen LogP contribution in [0.5, 0.6) is 0 Å². The second-order valence-electron chi connectivity index (χ2n) is 2.28. The molecule has 1 N–H and O–H groups in total. The predicted octanol–water partition coefficient (Wildman–Crippen LogP) is -0.0701. The molecule has 0 aliphatic carbocycles. The smallest absolute Gasteiger partial charge is 0.187 e. The summed E-state index contributed by atoms with van der Waals surface area (Å²) in [6.45, 7) is 0. The van der Waals surface area contributed by atoms with E-state index in [4.69, 9.17) is 25.8 Å². The van der Waals surface area contributed by atoms with Gasteiger partial charge in [0.2, 0.25) is 0 Å². The fourth-order valence-corrected chi connectivity index (χ4v) is 1.26. The molecule has 4 atom stereocenters. The van der Waals surface area contributed by atoms with Gasteiger partial charge in [0.1, 0.15) is 11.5 Å². The fourth-order valence-electron chi connectivity index (χ4n) is 0.979.